The molecule has 0 bridgehead atoms. The zero-order valence-electron chi connectivity index (χ0n) is 11.8. The topological polar surface area (TPSA) is 54.1 Å². The molecule has 0 aliphatic carbocycles. The Bertz CT molecular complexity index is 583. The zero-order chi connectivity index (χ0) is 14.4. The largest absolute Gasteiger partial charge is 0.492 e. The average Bonchev–Trinajstić information content (AvgIpc) is 2.85. The fourth-order valence-corrected chi connectivity index (χ4v) is 1.81. The van der Waals surface area contributed by atoms with Crippen LogP contribution in [0.5, 0.6) is 5.75 Å². The molecule has 1 heterocycles. The van der Waals surface area contributed by atoms with Crippen molar-refractivity contribution in [3.05, 3.63) is 48.0 Å². The van der Waals surface area contributed by atoms with Gasteiger partial charge < -0.3 is 9.30 Å². The third kappa shape index (κ3) is 3.84. The van der Waals surface area contributed by atoms with Crippen molar-refractivity contribution in [2.75, 3.05) is 20.2 Å². The molecule has 0 N–H and O–H groups in total. The van der Waals surface area contributed by atoms with Crippen LogP contribution in [0.4, 0.5) is 0 Å². The maximum Gasteiger partial charge on any atom is 0.122 e. The van der Waals surface area contributed by atoms with Gasteiger partial charge in [-0.15, -0.1) is 0 Å². The SMILES string of the molecule is CN(CCOc1ccc(C#N)cc1)Cc1nccn1C. The van der Waals surface area contributed by atoms with Crippen molar-refractivity contribution in [3.8, 4) is 11.8 Å². The molecule has 5 heteroatoms. The van der Waals surface area contributed by atoms with Gasteiger partial charge in [0.2, 0.25) is 0 Å². The van der Waals surface area contributed by atoms with Crippen molar-refractivity contribution in [3.63, 3.8) is 0 Å². The smallest absolute Gasteiger partial charge is 0.122 e. The van der Waals surface area contributed by atoms with E-state index in [1.807, 2.05) is 37.0 Å². The number of nitrogens with zero attached hydrogens (tertiary/aromatic N) is 4. The third-order valence-corrected chi connectivity index (χ3v) is 3.06. The first-order valence-corrected chi connectivity index (χ1v) is 6.47. The van der Waals surface area contributed by atoms with Gasteiger partial charge in [0.1, 0.15) is 18.2 Å². The molecular formula is C15H18N4O. The van der Waals surface area contributed by atoms with Gasteiger partial charge >= 0.3 is 0 Å². The van der Waals surface area contributed by atoms with E-state index >= 15 is 0 Å². The first-order chi connectivity index (χ1) is 9.69. The lowest BCUT2D eigenvalue weighted by molar-refractivity contribution is 0.228. The summed E-state index contributed by atoms with van der Waals surface area (Å²) in [6.07, 6.45) is 3.74. The monoisotopic (exact) mass is 270 g/mol. The molecule has 0 aliphatic heterocycles. The predicted octanol–water partition coefficient (Wildman–Crippen LogP) is 1.80. The van der Waals surface area contributed by atoms with Gasteiger partial charge in [-0.1, -0.05) is 0 Å². The molecule has 0 radical (unpaired) electrons. The first-order valence-electron chi connectivity index (χ1n) is 6.47. The van der Waals surface area contributed by atoms with E-state index in [2.05, 4.69) is 16.0 Å². The fourth-order valence-electron chi connectivity index (χ4n) is 1.81. The lowest BCUT2D eigenvalue weighted by atomic mass is 10.2. The third-order valence-electron chi connectivity index (χ3n) is 3.06. The van der Waals surface area contributed by atoms with Crippen LogP contribution in [0.2, 0.25) is 0 Å². The second-order valence-corrected chi connectivity index (χ2v) is 4.68. The van der Waals surface area contributed by atoms with E-state index in [9.17, 15) is 0 Å². The molecule has 0 fully saturated rings. The molecule has 0 aliphatic rings. The van der Waals surface area contributed by atoms with E-state index in [4.69, 9.17) is 10.00 Å². The maximum absolute atomic E-state index is 8.72. The van der Waals surface area contributed by atoms with Crippen molar-refractivity contribution in [1.82, 2.24) is 14.5 Å². The molecule has 20 heavy (non-hydrogen) atoms. The molecule has 2 rings (SSSR count). The van der Waals surface area contributed by atoms with E-state index < -0.39 is 0 Å². The van der Waals surface area contributed by atoms with E-state index in [1.54, 1.807) is 18.3 Å². The van der Waals surface area contributed by atoms with Gasteiger partial charge in [-0.2, -0.15) is 5.26 Å². The Balaban J connectivity index is 1.75. The van der Waals surface area contributed by atoms with Gasteiger partial charge in [-0.05, 0) is 31.3 Å². The van der Waals surface area contributed by atoms with E-state index in [-0.39, 0.29) is 0 Å². The molecule has 0 spiro atoms. The lowest BCUT2D eigenvalue weighted by Gasteiger charge is -2.16. The van der Waals surface area contributed by atoms with Crippen LogP contribution >= 0.6 is 0 Å². The summed E-state index contributed by atoms with van der Waals surface area (Å²) in [6.45, 7) is 2.21. The van der Waals surface area contributed by atoms with Gasteiger partial charge in [0.05, 0.1) is 18.2 Å². The highest BCUT2D eigenvalue weighted by Crippen LogP contribution is 2.11. The van der Waals surface area contributed by atoms with Crippen molar-refractivity contribution in [2.24, 2.45) is 7.05 Å². The normalized spacial score (nSPS) is 10.5. The summed E-state index contributed by atoms with van der Waals surface area (Å²) in [5, 5.41) is 8.72. The summed E-state index contributed by atoms with van der Waals surface area (Å²) in [6, 6.07) is 9.23. The second kappa shape index (κ2) is 6.73. The Labute approximate surface area is 119 Å². The molecule has 0 saturated carbocycles. The zero-order valence-corrected chi connectivity index (χ0v) is 11.8. The van der Waals surface area contributed by atoms with Crippen LogP contribution in [0.25, 0.3) is 0 Å². The molecule has 1 aromatic carbocycles. The van der Waals surface area contributed by atoms with Gasteiger partial charge in [-0.3, -0.25) is 4.90 Å². The summed E-state index contributed by atoms with van der Waals surface area (Å²) in [5.41, 5.74) is 0.643. The van der Waals surface area contributed by atoms with Crippen molar-refractivity contribution in [2.45, 2.75) is 6.54 Å². The van der Waals surface area contributed by atoms with Crippen LogP contribution in [0.3, 0.4) is 0 Å². The molecule has 104 valence electrons. The highest BCUT2D eigenvalue weighted by atomic mass is 16.5. The number of imidazole rings is 1. The standard InChI is InChI=1S/C15H18N4O/c1-18(12-15-17-7-8-19(15)2)9-10-20-14-5-3-13(11-16)4-6-14/h3-8H,9-10,12H2,1-2H3. The minimum absolute atomic E-state index is 0.604. The number of rotatable bonds is 6. The van der Waals surface area contributed by atoms with E-state index in [0.29, 0.717) is 12.2 Å². The van der Waals surface area contributed by atoms with Crippen LogP contribution < -0.4 is 4.74 Å². The Morgan fingerprint density at radius 3 is 2.70 bits per heavy atom. The van der Waals surface area contributed by atoms with Gasteiger partial charge in [0, 0.05) is 26.0 Å². The first kappa shape index (κ1) is 14.1. The van der Waals surface area contributed by atoms with Crippen LogP contribution in [-0.2, 0) is 13.6 Å². The molecule has 0 amide bonds. The number of hydrogen-bond acceptors (Lipinski definition) is 4. The Hall–Kier alpha value is -2.32. The number of nitriles is 1. The van der Waals surface area contributed by atoms with Gasteiger partial charge in [-0.25, -0.2) is 4.98 Å². The maximum atomic E-state index is 8.72. The quantitative estimate of drug-likeness (QED) is 0.803. The highest BCUT2D eigenvalue weighted by Gasteiger charge is 2.04. The summed E-state index contributed by atoms with van der Waals surface area (Å²) in [5.74, 6) is 1.82. The average molecular weight is 270 g/mol. The van der Waals surface area contributed by atoms with Crippen molar-refractivity contribution < 1.29 is 4.74 Å². The molecule has 1 aromatic heterocycles. The number of hydrogen-bond donors (Lipinski definition) is 0. The second-order valence-electron chi connectivity index (χ2n) is 4.68. The highest BCUT2D eigenvalue weighted by molar-refractivity contribution is 5.34. The number of benzene rings is 1. The molecular weight excluding hydrogens is 252 g/mol. The summed E-state index contributed by atoms with van der Waals surface area (Å²) in [4.78, 5) is 6.45. The van der Waals surface area contributed by atoms with Crippen LogP contribution in [0.15, 0.2) is 36.7 Å². The predicted molar refractivity (Wildman–Crippen MR) is 76.2 cm³/mol. The van der Waals surface area contributed by atoms with Gasteiger partial charge in [0.25, 0.3) is 0 Å². The van der Waals surface area contributed by atoms with E-state index in [1.165, 1.54) is 0 Å². The number of ether oxygens (including phenoxy) is 1. The lowest BCUT2D eigenvalue weighted by Crippen LogP contribution is -2.25. The Morgan fingerprint density at radius 2 is 2.10 bits per heavy atom. The minimum Gasteiger partial charge on any atom is -0.492 e. The summed E-state index contributed by atoms with van der Waals surface area (Å²) < 4.78 is 7.66. The molecule has 0 atom stereocenters. The van der Waals surface area contributed by atoms with Crippen molar-refractivity contribution in [1.29, 1.82) is 5.26 Å². The summed E-state index contributed by atoms with van der Waals surface area (Å²) >= 11 is 0. The molecule has 2 aromatic rings. The number of aryl methyl sites for hydroxylation is 1. The number of aromatic nitrogens is 2. The van der Waals surface area contributed by atoms with Gasteiger partial charge in [0.15, 0.2) is 0 Å². The Morgan fingerprint density at radius 1 is 1.35 bits per heavy atom. The molecule has 0 unspecified atom stereocenters. The van der Waals surface area contributed by atoms with Crippen LogP contribution in [0, 0.1) is 11.3 Å². The number of likely N-dealkylation sites (N-methyl/N-ethyl adjacent to an activating group) is 1. The Kier molecular flexibility index (Phi) is 4.75. The van der Waals surface area contributed by atoms with E-state index in [0.717, 1.165) is 24.7 Å². The van der Waals surface area contributed by atoms with Crippen molar-refractivity contribution >= 4 is 0 Å². The summed E-state index contributed by atoms with van der Waals surface area (Å²) in [7, 11) is 4.03. The van der Waals surface area contributed by atoms with Crippen LogP contribution in [-0.4, -0.2) is 34.7 Å². The molecule has 5 nitrogen and oxygen atoms in total. The molecule has 0 saturated heterocycles. The van der Waals surface area contributed by atoms with Crippen LogP contribution in [0.1, 0.15) is 11.4 Å². The minimum atomic E-state index is 0.604. The fraction of sp³-hybridized carbons (Fsp3) is 0.333.